The molecule has 0 aliphatic heterocycles. The third-order valence-corrected chi connectivity index (χ3v) is 2.75. The smallest absolute Gasteiger partial charge is 0.0142 e. The van der Waals surface area contributed by atoms with Gasteiger partial charge in [-0.05, 0) is 30.9 Å². The first-order valence-corrected chi connectivity index (χ1v) is 5.52. The molecule has 0 heterocycles. The summed E-state index contributed by atoms with van der Waals surface area (Å²) in [4.78, 5) is 0. The summed E-state index contributed by atoms with van der Waals surface area (Å²) in [5, 5.41) is 0. The van der Waals surface area contributed by atoms with E-state index in [4.69, 9.17) is 5.73 Å². The highest BCUT2D eigenvalue weighted by molar-refractivity contribution is 5.58. The highest BCUT2D eigenvalue weighted by Gasteiger charge is 2.02. The van der Waals surface area contributed by atoms with Crippen molar-refractivity contribution in [1.29, 1.82) is 0 Å². The summed E-state index contributed by atoms with van der Waals surface area (Å²) in [6, 6.07) is 6.52. The van der Waals surface area contributed by atoms with Crippen LogP contribution in [0, 0.1) is 19.8 Å². The average molecular weight is 203 g/mol. The van der Waals surface area contributed by atoms with E-state index in [2.05, 4.69) is 52.0 Å². The minimum atomic E-state index is 0.523. The molecule has 15 heavy (non-hydrogen) atoms. The molecule has 1 rings (SSSR count). The van der Waals surface area contributed by atoms with E-state index < -0.39 is 0 Å². The summed E-state index contributed by atoms with van der Waals surface area (Å²) in [5.74, 6) is 0.523. The van der Waals surface area contributed by atoms with Crippen LogP contribution in [0.4, 0.5) is 0 Å². The van der Waals surface area contributed by atoms with Crippen LogP contribution in [-0.4, -0.2) is 6.54 Å². The van der Waals surface area contributed by atoms with Crippen LogP contribution >= 0.6 is 0 Å². The standard InChI is InChI=1S/C14H21N/c1-10(2)14(9-15)8-13-7-11(3)5-6-12(13)4/h5-8,10H,9,15H2,1-4H3. The Kier molecular flexibility index (Phi) is 4.10. The topological polar surface area (TPSA) is 26.0 Å². The summed E-state index contributed by atoms with van der Waals surface area (Å²) in [6.07, 6.45) is 2.23. The lowest BCUT2D eigenvalue weighted by Gasteiger charge is -2.10. The van der Waals surface area contributed by atoms with Gasteiger partial charge in [0.05, 0.1) is 0 Å². The molecule has 1 aromatic rings. The lowest BCUT2D eigenvalue weighted by atomic mass is 9.97. The fourth-order valence-corrected chi connectivity index (χ4v) is 1.58. The summed E-state index contributed by atoms with van der Waals surface area (Å²) >= 11 is 0. The van der Waals surface area contributed by atoms with Gasteiger partial charge in [0.2, 0.25) is 0 Å². The molecule has 1 heteroatoms. The molecule has 0 aliphatic carbocycles. The Bertz CT molecular complexity index is 362. The van der Waals surface area contributed by atoms with E-state index >= 15 is 0 Å². The monoisotopic (exact) mass is 203 g/mol. The van der Waals surface area contributed by atoms with Crippen LogP contribution in [0.3, 0.4) is 0 Å². The fourth-order valence-electron chi connectivity index (χ4n) is 1.58. The first kappa shape index (κ1) is 12.0. The van der Waals surface area contributed by atoms with Crippen molar-refractivity contribution in [2.75, 3.05) is 6.54 Å². The Labute approximate surface area is 93.0 Å². The number of rotatable bonds is 3. The van der Waals surface area contributed by atoms with Gasteiger partial charge in [0, 0.05) is 6.54 Å². The van der Waals surface area contributed by atoms with E-state index in [0.717, 1.165) is 0 Å². The summed E-state index contributed by atoms with van der Waals surface area (Å²) in [7, 11) is 0. The van der Waals surface area contributed by atoms with Crippen molar-refractivity contribution in [2.24, 2.45) is 11.7 Å². The molecule has 0 aliphatic rings. The maximum Gasteiger partial charge on any atom is 0.0142 e. The van der Waals surface area contributed by atoms with Gasteiger partial charge in [0.15, 0.2) is 0 Å². The minimum Gasteiger partial charge on any atom is -0.327 e. The first-order valence-electron chi connectivity index (χ1n) is 5.52. The number of nitrogens with two attached hydrogens (primary N) is 1. The minimum absolute atomic E-state index is 0.523. The normalized spacial score (nSPS) is 12.3. The molecular formula is C14H21N. The molecule has 0 fully saturated rings. The Balaban J connectivity index is 3.10. The zero-order valence-corrected chi connectivity index (χ0v) is 10.2. The molecule has 0 saturated carbocycles. The third-order valence-electron chi connectivity index (χ3n) is 2.75. The van der Waals surface area contributed by atoms with Crippen LogP contribution in [0.5, 0.6) is 0 Å². The SMILES string of the molecule is Cc1ccc(C)c(C=C(CN)C(C)C)c1. The molecule has 0 saturated heterocycles. The molecule has 0 unspecified atom stereocenters. The van der Waals surface area contributed by atoms with E-state index in [1.54, 1.807) is 0 Å². The third kappa shape index (κ3) is 3.21. The summed E-state index contributed by atoms with van der Waals surface area (Å²) < 4.78 is 0. The predicted molar refractivity (Wildman–Crippen MR) is 67.8 cm³/mol. The van der Waals surface area contributed by atoms with E-state index in [9.17, 15) is 0 Å². The van der Waals surface area contributed by atoms with Gasteiger partial charge >= 0.3 is 0 Å². The van der Waals surface area contributed by atoms with Crippen molar-refractivity contribution in [2.45, 2.75) is 27.7 Å². The van der Waals surface area contributed by atoms with Gasteiger partial charge in [-0.25, -0.2) is 0 Å². The first-order chi connectivity index (χ1) is 7.04. The van der Waals surface area contributed by atoms with Gasteiger partial charge < -0.3 is 5.73 Å². The lowest BCUT2D eigenvalue weighted by molar-refractivity contribution is 0.752. The Morgan fingerprint density at radius 3 is 2.53 bits per heavy atom. The highest BCUT2D eigenvalue weighted by Crippen LogP contribution is 2.17. The molecule has 0 aromatic heterocycles. The van der Waals surface area contributed by atoms with Crippen molar-refractivity contribution in [1.82, 2.24) is 0 Å². The second-order valence-corrected chi connectivity index (χ2v) is 4.44. The predicted octanol–water partition coefficient (Wildman–Crippen LogP) is 3.30. The van der Waals surface area contributed by atoms with Gasteiger partial charge in [-0.15, -0.1) is 0 Å². The van der Waals surface area contributed by atoms with E-state index in [1.807, 2.05) is 0 Å². The van der Waals surface area contributed by atoms with E-state index in [-0.39, 0.29) is 0 Å². The van der Waals surface area contributed by atoms with Gasteiger partial charge in [-0.1, -0.05) is 49.3 Å². The van der Waals surface area contributed by atoms with Crippen LogP contribution in [0.15, 0.2) is 23.8 Å². The molecule has 0 radical (unpaired) electrons. The molecule has 1 aromatic carbocycles. The molecule has 82 valence electrons. The summed E-state index contributed by atoms with van der Waals surface area (Å²) in [5.41, 5.74) is 11.0. The maximum atomic E-state index is 5.74. The van der Waals surface area contributed by atoms with E-state index in [1.165, 1.54) is 22.3 Å². The second-order valence-electron chi connectivity index (χ2n) is 4.44. The number of hydrogen-bond acceptors (Lipinski definition) is 1. The second kappa shape index (κ2) is 5.13. The number of aryl methyl sites for hydroxylation is 2. The zero-order valence-electron chi connectivity index (χ0n) is 10.2. The van der Waals surface area contributed by atoms with Gasteiger partial charge in [-0.3, -0.25) is 0 Å². The van der Waals surface area contributed by atoms with Crippen LogP contribution < -0.4 is 5.73 Å². The van der Waals surface area contributed by atoms with Crippen molar-refractivity contribution in [3.8, 4) is 0 Å². The van der Waals surface area contributed by atoms with Crippen molar-refractivity contribution in [3.05, 3.63) is 40.5 Å². The molecular weight excluding hydrogens is 182 g/mol. The molecule has 0 atom stereocenters. The quantitative estimate of drug-likeness (QED) is 0.801. The van der Waals surface area contributed by atoms with Gasteiger partial charge in [0.1, 0.15) is 0 Å². The van der Waals surface area contributed by atoms with Crippen LogP contribution in [0.25, 0.3) is 6.08 Å². The van der Waals surface area contributed by atoms with Crippen molar-refractivity contribution in [3.63, 3.8) is 0 Å². The molecule has 0 spiro atoms. The van der Waals surface area contributed by atoms with Crippen molar-refractivity contribution >= 4 is 6.08 Å². The molecule has 0 amide bonds. The highest BCUT2D eigenvalue weighted by atomic mass is 14.5. The van der Waals surface area contributed by atoms with Crippen LogP contribution in [-0.2, 0) is 0 Å². The van der Waals surface area contributed by atoms with Gasteiger partial charge in [-0.2, -0.15) is 0 Å². The molecule has 2 N–H and O–H groups in total. The van der Waals surface area contributed by atoms with Crippen LogP contribution in [0.1, 0.15) is 30.5 Å². The molecule has 1 nitrogen and oxygen atoms in total. The molecule has 0 bridgehead atoms. The van der Waals surface area contributed by atoms with Gasteiger partial charge in [0.25, 0.3) is 0 Å². The number of hydrogen-bond donors (Lipinski definition) is 1. The maximum absolute atomic E-state index is 5.74. The Morgan fingerprint density at radius 1 is 1.33 bits per heavy atom. The number of benzene rings is 1. The Morgan fingerprint density at radius 2 is 2.00 bits per heavy atom. The van der Waals surface area contributed by atoms with E-state index in [0.29, 0.717) is 12.5 Å². The zero-order chi connectivity index (χ0) is 11.4. The van der Waals surface area contributed by atoms with Crippen LogP contribution in [0.2, 0.25) is 0 Å². The Hall–Kier alpha value is -1.08. The average Bonchev–Trinajstić information content (AvgIpc) is 2.18. The largest absolute Gasteiger partial charge is 0.327 e. The lowest BCUT2D eigenvalue weighted by Crippen LogP contribution is -2.08. The fraction of sp³-hybridized carbons (Fsp3) is 0.429. The van der Waals surface area contributed by atoms with Crippen molar-refractivity contribution < 1.29 is 0 Å². The summed E-state index contributed by atoms with van der Waals surface area (Å²) in [6.45, 7) is 9.27.